The highest BCUT2D eigenvalue weighted by Crippen LogP contribution is 2.30. The lowest BCUT2D eigenvalue weighted by Gasteiger charge is -2.23. The van der Waals surface area contributed by atoms with E-state index in [-0.39, 0.29) is 11.3 Å². The summed E-state index contributed by atoms with van der Waals surface area (Å²) in [6.07, 6.45) is 2.58. The summed E-state index contributed by atoms with van der Waals surface area (Å²) in [6, 6.07) is 9.28. The van der Waals surface area contributed by atoms with Crippen LogP contribution in [0.25, 0.3) is 0 Å². The first-order chi connectivity index (χ1) is 10.0. The van der Waals surface area contributed by atoms with Crippen molar-refractivity contribution in [2.45, 2.75) is 33.1 Å². The van der Waals surface area contributed by atoms with Crippen molar-refractivity contribution in [1.29, 1.82) is 5.26 Å². The molecule has 0 spiro atoms. The standard InChI is InChI=1S/C17H22N2O2/c1-17(2)8-7-16(20)19(10-9-17)11-12-21-15-6-4-3-5-14(15)13-18/h3-6H,7-12H2,1-2H3. The summed E-state index contributed by atoms with van der Waals surface area (Å²) in [5.41, 5.74) is 0.763. The fourth-order valence-corrected chi connectivity index (χ4v) is 2.48. The Kier molecular flexibility index (Phi) is 4.85. The van der Waals surface area contributed by atoms with E-state index in [1.54, 1.807) is 12.1 Å². The number of para-hydroxylation sites is 1. The number of likely N-dealkylation sites (tertiary alicyclic amines) is 1. The summed E-state index contributed by atoms with van der Waals surface area (Å²) in [6.45, 7) is 6.21. The van der Waals surface area contributed by atoms with Gasteiger partial charge in [-0.1, -0.05) is 26.0 Å². The second-order valence-electron chi connectivity index (χ2n) is 6.25. The number of hydrogen-bond acceptors (Lipinski definition) is 3. The number of hydrogen-bond donors (Lipinski definition) is 0. The van der Waals surface area contributed by atoms with Crippen LogP contribution >= 0.6 is 0 Å². The average molecular weight is 286 g/mol. The fourth-order valence-electron chi connectivity index (χ4n) is 2.48. The molecule has 4 heteroatoms. The van der Waals surface area contributed by atoms with Crippen LogP contribution in [0.3, 0.4) is 0 Å². The molecule has 112 valence electrons. The largest absolute Gasteiger partial charge is 0.490 e. The Morgan fingerprint density at radius 2 is 2.10 bits per heavy atom. The summed E-state index contributed by atoms with van der Waals surface area (Å²) in [7, 11) is 0. The molecule has 0 unspecified atom stereocenters. The summed E-state index contributed by atoms with van der Waals surface area (Å²) >= 11 is 0. The first-order valence-corrected chi connectivity index (χ1v) is 7.41. The minimum absolute atomic E-state index is 0.206. The summed E-state index contributed by atoms with van der Waals surface area (Å²) in [5, 5.41) is 9.01. The number of benzene rings is 1. The number of carbonyl (C=O) groups is 1. The summed E-state index contributed by atoms with van der Waals surface area (Å²) < 4.78 is 5.66. The van der Waals surface area contributed by atoms with Gasteiger partial charge < -0.3 is 9.64 Å². The average Bonchev–Trinajstić information content (AvgIpc) is 2.60. The van der Waals surface area contributed by atoms with E-state index in [1.165, 1.54) is 0 Å². The zero-order chi connectivity index (χ0) is 15.3. The first-order valence-electron chi connectivity index (χ1n) is 7.41. The second kappa shape index (κ2) is 6.62. The lowest BCUT2D eigenvalue weighted by atomic mass is 9.85. The molecule has 1 fully saturated rings. The number of carbonyl (C=O) groups excluding carboxylic acids is 1. The molecular formula is C17H22N2O2. The van der Waals surface area contributed by atoms with E-state index in [2.05, 4.69) is 19.9 Å². The van der Waals surface area contributed by atoms with E-state index < -0.39 is 0 Å². The first kappa shape index (κ1) is 15.4. The van der Waals surface area contributed by atoms with Crippen LogP contribution in [0.2, 0.25) is 0 Å². The Morgan fingerprint density at radius 3 is 2.86 bits per heavy atom. The maximum Gasteiger partial charge on any atom is 0.222 e. The van der Waals surface area contributed by atoms with Gasteiger partial charge in [-0.05, 0) is 30.4 Å². The summed E-state index contributed by atoms with van der Waals surface area (Å²) in [5.74, 6) is 0.792. The molecule has 1 saturated heterocycles. The monoisotopic (exact) mass is 286 g/mol. The van der Waals surface area contributed by atoms with E-state index in [0.29, 0.717) is 30.9 Å². The highest BCUT2D eigenvalue weighted by atomic mass is 16.5. The SMILES string of the molecule is CC1(C)CCC(=O)N(CCOc2ccccc2C#N)CC1. The van der Waals surface area contributed by atoms with Crippen molar-refractivity contribution in [3.05, 3.63) is 29.8 Å². The predicted molar refractivity (Wildman–Crippen MR) is 80.9 cm³/mol. The molecular weight excluding hydrogens is 264 g/mol. The maximum absolute atomic E-state index is 12.1. The zero-order valence-electron chi connectivity index (χ0n) is 12.8. The van der Waals surface area contributed by atoms with Crippen LogP contribution in [0.5, 0.6) is 5.75 Å². The van der Waals surface area contributed by atoms with E-state index in [9.17, 15) is 4.79 Å². The number of ether oxygens (including phenoxy) is 1. The van der Waals surface area contributed by atoms with Gasteiger partial charge in [0.15, 0.2) is 0 Å². The van der Waals surface area contributed by atoms with Crippen molar-refractivity contribution in [3.63, 3.8) is 0 Å². The van der Waals surface area contributed by atoms with Crippen molar-refractivity contribution in [1.82, 2.24) is 4.90 Å². The topological polar surface area (TPSA) is 53.3 Å². The molecule has 0 saturated carbocycles. The van der Waals surface area contributed by atoms with Crippen LogP contribution in [-0.2, 0) is 4.79 Å². The molecule has 0 bridgehead atoms. The molecule has 1 aliphatic heterocycles. The van der Waals surface area contributed by atoms with Crippen molar-refractivity contribution in [3.8, 4) is 11.8 Å². The Morgan fingerprint density at radius 1 is 1.33 bits per heavy atom. The minimum atomic E-state index is 0.206. The Labute approximate surface area is 126 Å². The summed E-state index contributed by atoms with van der Waals surface area (Å²) in [4.78, 5) is 14.0. The Bertz CT molecular complexity index is 546. The van der Waals surface area contributed by atoms with Crippen LogP contribution in [0.1, 0.15) is 38.7 Å². The van der Waals surface area contributed by atoms with Crippen LogP contribution in [0, 0.1) is 16.7 Å². The Balaban J connectivity index is 1.88. The lowest BCUT2D eigenvalue weighted by Crippen LogP contribution is -2.34. The van der Waals surface area contributed by atoms with E-state index in [4.69, 9.17) is 10.00 Å². The van der Waals surface area contributed by atoms with Gasteiger partial charge >= 0.3 is 0 Å². The van der Waals surface area contributed by atoms with Gasteiger partial charge in [-0.15, -0.1) is 0 Å². The minimum Gasteiger partial charge on any atom is -0.490 e. The van der Waals surface area contributed by atoms with Gasteiger partial charge in [-0.3, -0.25) is 4.79 Å². The molecule has 0 N–H and O–H groups in total. The lowest BCUT2D eigenvalue weighted by molar-refractivity contribution is -0.131. The molecule has 4 nitrogen and oxygen atoms in total. The molecule has 0 atom stereocenters. The van der Waals surface area contributed by atoms with Gasteiger partial charge in [-0.2, -0.15) is 5.26 Å². The molecule has 1 amide bonds. The van der Waals surface area contributed by atoms with E-state index in [1.807, 2.05) is 17.0 Å². The van der Waals surface area contributed by atoms with Gasteiger partial charge in [0.2, 0.25) is 5.91 Å². The molecule has 0 aromatic heterocycles. The number of rotatable bonds is 4. The molecule has 1 aromatic rings. The third-order valence-electron chi connectivity index (χ3n) is 4.05. The predicted octanol–water partition coefficient (Wildman–Crippen LogP) is 2.98. The molecule has 0 aliphatic carbocycles. The van der Waals surface area contributed by atoms with Crippen LogP contribution < -0.4 is 4.74 Å². The van der Waals surface area contributed by atoms with Crippen LogP contribution in [0.15, 0.2) is 24.3 Å². The quantitative estimate of drug-likeness (QED) is 0.855. The van der Waals surface area contributed by atoms with Gasteiger partial charge in [-0.25, -0.2) is 0 Å². The molecule has 2 rings (SSSR count). The van der Waals surface area contributed by atoms with Crippen molar-refractivity contribution < 1.29 is 9.53 Å². The van der Waals surface area contributed by atoms with Crippen molar-refractivity contribution in [2.24, 2.45) is 5.41 Å². The third-order valence-corrected chi connectivity index (χ3v) is 4.05. The number of amides is 1. The normalized spacial score (nSPS) is 18.0. The van der Waals surface area contributed by atoms with E-state index >= 15 is 0 Å². The maximum atomic E-state index is 12.1. The van der Waals surface area contributed by atoms with Gasteiger partial charge in [0.1, 0.15) is 18.4 Å². The second-order valence-corrected chi connectivity index (χ2v) is 6.25. The van der Waals surface area contributed by atoms with E-state index in [0.717, 1.165) is 19.4 Å². The highest BCUT2D eigenvalue weighted by Gasteiger charge is 2.27. The third kappa shape index (κ3) is 4.22. The molecule has 0 radical (unpaired) electrons. The van der Waals surface area contributed by atoms with Crippen molar-refractivity contribution in [2.75, 3.05) is 19.7 Å². The van der Waals surface area contributed by atoms with Crippen LogP contribution in [-0.4, -0.2) is 30.5 Å². The molecule has 1 aromatic carbocycles. The van der Waals surface area contributed by atoms with Crippen molar-refractivity contribution >= 4 is 5.91 Å². The number of nitriles is 1. The molecule has 1 aliphatic rings. The smallest absolute Gasteiger partial charge is 0.222 e. The highest BCUT2D eigenvalue weighted by molar-refractivity contribution is 5.76. The fraction of sp³-hybridized carbons (Fsp3) is 0.529. The van der Waals surface area contributed by atoms with Gasteiger partial charge in [0, 0.05) is 13.0 Å². The molecule has 1 heterocycles. The van der Waals surface area contributed by atoms with Crippen LogP contribution in [0.4, 0.5) is 0 Å². The molecule has 21 heavy (non-hydrogen) atoms. The Hall–Kier alpha value is -2.02. The zero-order valence-corrected chi connectivity index (χ0v) is 12.8. The van der Waals surface area contributed by atoms with Gasteiger partial charge in [0.25, 0.3) is 0 Å². The van der Waals surface area contributed by atoms with Gasteiger partial charge in [0.05, 0.1) is 12.1 Å². The number of nitrogens with zero attached hydrogens (tertiary/aromatic N) is 2.